The molecule has 45 heavy (non-hydrogen) atoms. The first-order chi connectivity index (χ1) is 21.8. The van der Waals surface area contributed by atoms with Crippen LogP contribution in [0.4, 0.5) is 15.8 Å². The summed E-state index contributed by atoms with van der Waals surface area (Å²) in [5.74, 6) is -0.214. The van der Waals surface area contributed by atoms with Crippen LogP contribution < -0.4 is 21.7 Å². The maximum Gasteiger partial charge on any atom is 0.252 e. The Bertz CT molecular complexity index is 2430. The molecule has 9 rings (SSSR count). The predicted molar refractivity (Wildman–Crippen MR) is 190 cm³/mol. The topological polar surface area (TPSA) is 17.0 Å². The fraction of sp³-hybridized carbons (Fsp3) is 0.122. The van der Waals surface area contributed by atoms with Gasteiger partial charge in [-0.05, 0) is 110 Å². The molecule has 0 amide bonds. The highest BCUT2D eigenvalue weighted by Crippen LogP contribution is 2.42. The summed E-state index contributed by atoms with van der Waals surface area (Å²) in [5.41, 5.74) is 19.7. The summed E-state index contributed by atoms with van der Waals surface area (Å²) in [6, 6.07) is 34.4. The second-order valence-corrected chi connectivity index (χ2v) is 13.2. The minimum atomic E-state index is -0.214. The van der Waals surface area contributed by atoms with Gasteiger partial charge in [0.25, 0.3) is 6.71 Å². The normalized spacial score (nSPS) is 12.8. The number of rotatable bonds is 2. The minimum absolute atomic E-state index is 0.0324. The molecule has 0 unspecified atom stereocenters. The third kappa shape index (κ3) is 3.69. The molecule has 6 aromatic carbocycles. The smallest absolute Gasteiger partial charge is 0.252 e. The van der Waals surface area contributed by atoms with E-state index in [1.54, 1.807) is 12.1 Å². The van der Waals surface area contributed by atoms with Gasteiger partial charge in [0, 0.05) is 44.5 Å². The van der Waals surface area contributed by atoms with Gasteiger partial charge in [-0.25, -0.2) is 4.39 Å². The molecule has 0 spiro atoms. The quantitative estimate of drug-likeness (QED) is 0.202. The fourth-order valence-corrected chi connectivity index (χ4v) is 8.03. The van der Waals surface area contributed by atoms with E-state index in [-0.39, 0.29) is 12.5 Å². The van der Waals surface area contributed by atoms with Crippen LogP contribution in [0.5, 0.6) is 0 Å². The molecule has 3 heterocycles. The molecule has 1 N–H and O–H groups in total. The number of fused-ring (bicyclic) bond motifs is 7. The van der Waals surface area contributed by atoms with E-state index < -0.39 is 0 Å². The van der Waals surface area contributed by atoms with Crippen molar-refractivity contribution in [3.63, 3.8) is 0 Å². The van der Waals surface area contributed by atoms with Crippen molar-refractivity contribution in [2.75, 3.05) is 5.32 Å². The SMILES string of the molecule is Cc1ccc(C)c(-c2cc(C)cc3c2Nc2cc(-c4ccccc4F)cc4c2B3c2cc(C)cc3c5cc(C)ccc5n-4c23)c1. The summed E-state index contributed by atoms with van der Waals surface area (Å²) in [6.45, 7) is 11.0. The van der Waals surface area contributed by atoms with Crippen LogP contribution in [-0.2, 0) is 0 Å². The van der Waals surface area contributed by atoms with Crippen molar-refractivity contribution in [1.29, 1.82) is 0 Å². The van der Waals surface area contributed by atoms with Crippen LogP contribution in [-0.4, -0.2) is 11.3 Å². The Morgan fingerprint density at radius 3 is 2.18 bits per heavy atom. The molecule has 1 aromatic heterocycles. The maximum atomic E-state index is 15.4. The van der Waals surface area contributed by atoms with Gasteiger partial charge in [0.05, 0.1) is 5.52 Å². The predicted octanol–water partition coefficient (Wildman–Crippen LogP) is 8.69. The maximum absolute atomic E-state index is 15.4. The summed E-state index contributed by atoms with van der Waals surface area (Å²) in [5, 5.41) is 6.47. The van der Waals surface area contributed by atoms with Gasteiger partial charge >= 0.3 is 0 Å². The van der Waals surface area contributed by atoms with Crippen LogP contribution in [0, 0.1) is 40.4 Å². The van der Waals surface area contributed by atoms with Gasteiger partial charge in [-0.1, -0.05) is 76.9 Å². The Balaban J connectivity index is 1.46. The first-order valence-electron chi connectivity index (χ1n) is 15.7. The first kappa shape index (κ1) is 26.3. The van der Waals surface area contributed by atoms with E-state index in [4.69, 9.17) is 0 Å². The largest absolute Gasteiger partial charge is 0.356 e. The number of anilines is 2. The van der Waals surface area contributed by atoms with E-state index >= 15 is 4.39 Å². The lowest BCUT2D eigenvalue weighted by atomic mass is 9.33. The molecule has 0 saturated heterocycles. The molecular formula is C41H32BFN2. The molecule has 216 valence electrons. The second kappa shape index (κ2) is 9.22. The van der Waals surface area contributed by atoms with Crippen molar-refractivity contribution < 1.29 is 4.39 Å². The molecule has 0 bridgehead atoms. The van der Waals surface area contributed by atoms with Crippen LogP contribution in [0.1, 0.15) is 27.8 Å². The highest BCUT2D eigenvalue weighted by atomic mass is 19.1. The van der Waals surface area contributed by atoms with Gasteiger partial charge in [-0.3, -0.25) is 0 Å². The van der Waals surface area contributed by atoms with E-state index in [1.165, 1.54) is 77.1 Å². The fourth-order valence-electron chi connectivity index (χ4n) is 8.03. The van der Waals surface area contributed by atoms with Gasteiger partial charge in [0.15, 0.2) is 0 Å². The first-order valence-corrected chi connectivity index (χ1v) is 15.7. The highest BCUT2D eigenvalue weighted by molar-refractivity contribution is 7.00. The molecular weight excluding hydrogens is 550 g/mol. The van der Waals surface area contributed by atoms with Crippen LogP contribution in [0.3, 0.4) is 0 Å². The molecule has 2 aliphatic heterocycles. The molecule has 7 aromatic rings. The van der Waals surface area contributed by atoms with Crippen molar-refractivity contribution in [1.82, 2.24) is 4.57 Å². The zero-order chi connectivity index (χ0) is 30.7. The van der Waals surface area contributed by atoms with Crippen LogP contribution in [0.2, 0.25) is 0 Å². The third-order valence-corrected chi connectivity index (χ3v) is 9.94. The van der Waals surface area contributed by atoms with E-state index in [1.807, 2.05) is 12.1 Å². The number of halogens is 1. The monoisotopic (exact) mass is 582 g/mol. The van der Waals surface area contributed by atoms with E-state index in [2.05, 4.69) is 117 Å². The number of benzene rings is 6. The highest BCUT2D eigenvalue weighted by Gasteiger charge is 2.40. The average Bonchev–Trinajstić information content (AvgIpc) is 3.33. The Hall–Kier alpha value is -5.09. The lowest BCUT2D eigenvalue weighted by Gasteiger charge is -2.36. The second-order valence-electron chi connectivity index (χ2n) is 13.2. The van der Waals surface area contributed by atoms with Gasteiger partial charge in [-0.15, -0.1) is 0 Å². The molecule has 0 radical (unpaired) electrons. The minimum Gasteiger partial charge on any atom is -0.356 e. The summed E-state index contributed by atoms with van der Waals surface area (Å²) < 4.78 is 17.8. The van der Waals surface area contributed by atoms with Gasteiger partial charge < -0.3 is 9.88 Å². The van der Waals surface area contributed by atoms with E-state index in [9.17, 15) is 0 Å². The third-order valence-electron chi connectivity index (χ3n) is 9.94. The van der Waals surface area contributed by atoms with Crippen molar-refractivity contribution in [3.05, 3.63) is 131 Å². The van der Waals surface area contributed by atoms with Crippen LogP contribution in [0.25, 0.3) is 49.7 Å². The van der Waals surface area contributed by atoms with Gasteiger partial charge in [0.2, 0.25) is 0 Å². The Morgan fingerprint density at radius 2 is 1.33 bits per heavy atom. The summed E-state index contributed by atoms with van der Waals surface area (Å²) in [6.07, 6.45) is 0. The average molecular weight is 583 g/mol. The molecule has 0 fully saturated rings. The van der Waals surface area contributed by atoms with Crippen molar-refractivity contribution in [3.8, 4) is 27.9 Å². The Kier molecular flexibility index (Phi) is 5.39. The lowest BCUT2D eigenvalue weighted by molar-refractivity contribution is 0.631. The molecule has 2 aliphatic rings. The zero-order valence-corrected chi connectivity index (χ0v) is 26.1. The molecule has 2 nitrogen and oxygen atoms in total. The summed E-state index contributed by atoms with van der Waals surface area (Å²) in [4.78, 5) is 0. The molecule has 0 atom stereocenters. The molecule has 0 saturated carbocycles. The number of aromatic nitrogens is 1. The number of hydrogen-bond acceptors (Lipinski definition) is 1. The van der Waals surface area contributed by atoms with Gasteiger partial charge in [-0.2, -0.15) is 0 Å². The molecule has 0 aliphatic carbocycles. The van der Waals surface area contributed by atoms with E-state index in [0.717, 1.165) is 22.6 Å². The van der Waals surface area contributed by atoms with Gasteiger partial charge in [0.1, 0.15) is 5.82 Å². The number of hydrogen-bond donors (Lipinski definition) is 1. The summed E-state index contributed by atoms with van der Waals surface area (Å²) in [7, 11) is 0. The zero-order valence-electron chi connectivity index (χ0n) is 26.1. The lowest BCUT2D eigenvalue weighted by Crippen LogP contribution is -2.59. The van der Waals surface area contributed by atoms with Crippen molar-refractivity contribution >= 4 is 56.3 Å². The van der Waals surface area contributed by atoms with Crippen molar-refractivity contribution in [2.45, 2.75) is 34.6 Å². The summed E-state index contributed by atoms with van der Waals surface area (Å²) >= 11 is 0. The Morgan fingerprint density at radius 1 is 0.622 bits per heavy atom. The number of nitrogens with zero attached hydrogens (tertiary/aromatic N) is 1. The van der Waals surface area contributed by atoms with Crippen molar-refractivity contribution in [2.24, 2.45) is 0 Å². The Labute approximate surface area is 263 Å². The van der Waals surface area contributed by atoms with Crippen LogP contribution in [0.15, 0.2) is 97.1 Å². The standard InChI is InChI=1S/C41H32BFN2/c1-22-10-12-26(5)29(14-22)31-16-24(3)18-33-40(31)44-36-20-27(28-8-6-7-9-35(28)43)21-38-39(36)42(33)34-19-25(4)17-32-30-15-23(2)11-13-37(30)45(38)41(32)34/h6-21,44H,1-5H3. The number of nitrogens with one attached hydrogen (secondary N) is 1. The molecule has 4 heteroatoms. The number of aryl methyl sites for hydroxylation is 5. The van der Waals surface area contributed by atoms with Crippen LogP contribution >= 0.6 is 0 Å². The van der Waals surface area contributed by atoms with E-state index in [0.29, 0.717) is 5.56 Å².